The second-order valence-electron chi connectivity index (χ2n) is 4.36. The molecule has 0 amide bonds. The summed E-state index contributed by atoms with van der Waals surface area (Å²) in [5, 5.41) is 8.93. The molecular weight excluding hydrogens is 272 g/mol. The van der Waals surface area contributed by atoms with E-state index in [4.69, 9.17) is 16.9 Å². The van der Waals surface area contributed by atoms with Crippen LogP contribution < -0.4 is 0 Å². The third-order valence-electron chi connectivity index (χ3n) is 3.33. The summed E-state index contributed by atoms with van der Waals surface area (Å²) in [6, 6.07) is 6.19. The van der Waals surface area contributed by atoms with E-state index in [0.717, 1.165) is 19.3 Å². The SMILES string of the molecule is CN(C1CCC1)S(=O)(=O)c1ccc(C#N)c(Cl)c1. The van der Waals surface area contributed by atoms with Crippen molar-refractivity contribution in [3.63, 3.8) is 0 Å². The van der Waals surface area contributed by atoms with E-state index in [2.05, 4.69) is 0 Å². The van der Waals surface area contributed by atoms with Crippen molar-refractivity contribution in [1.29, 1.82) is 5.26 Å². The van der Waals surface area contributed by atoms with E-state index >= 15 is 0 Å². The van der Waals surface area contributed by atoms with Gasteiger partial charge in [-0.25, -0.2) is 8.42 Å². The van der Waals surface area contributed by atoms with Gasteiger partial charge in [0.25, 0.3) is 0 Å². The monoisotopic (exact) mass is 284 g/mol. The fourth-order valence-corrected chi connectivity index (χ4v) is 3.59. The number of halogens is 1. The quantitative estimate of drug-likeness (QED) is 0.856. The molecular formula is C12H13ClN2O2S. The van der Waals surface area contributed by atoms with Crippen LogP contribution in [-0.2, 0) is 10.0 Å². The van der Waals surface area contributed by atoms with Gasteiger partial charge in [-0.2, -0.15) is 9.57 Å². The van der Waals surface area contributed by atoms with Crippen LogP contribution in [0.4, 0.5) is 0 Å². The molecule has 0 saturated heterocycles. The highest BCUT2D eigenvalue weighted by atomic mass is 35.5. The maximum atomic E-state index is 12.3. The van der Waals surface area contributed by atoms with Gasteiger partial charge < -0.3 is 0 Å². The molecule has 0 aromatic heterocycles. The van der Waals surface area contributed by atoms with Crippen molar-refractivity contribution in [2.24, 2.45) is 0 Å². The van der Waals surface area contributed by atoms with Gasteiger partial charge in [-0.1, -0.05) is 18.0 Å². The average molecular weight is 285 g/mol. The van der Waals surface area contributed by atoms with Crippen molar-refractivity contribution in [3.05, 3.63) is 28.8 Å². The first-order valence-electron chi connectivity index (χ1n) is 5.64. The van der Waals surface area contributed by atoms with E-state index in [0.29, 0.717) is 0 Å². The van der Waals surface area contributed by atoms with Gasteiger partial charge in [-0.05, 0) is 31.0 Å². The van der Waals surface area contributed by atoms with Crippen LogP contribution in [0.5, 0.6) is 0 Å². The lowest BCUT2D eigenvalue weighted by Crippen LogP contribution is -2.41. The molecule has 0 atom stereocenters. The smallest absolute Gasteiger partial charge is 0.207 e. The van der Waals surface area contributed by atoms with Crippen LogP contribution in [-0.4, -0.2) is 25.8 Å². The van der Waals surface area contributed by atoms with Crippen LogP contribution >= 0.6 is 11.6 Å². The van der Waals surface area contributed by atoms with Crippen molar-refractivity contribution < 1.29 is 8.42 Å². The molecule has 1 fully saturated rings. The van der Waals surface area contributed by atoms with Gasteiger partial charge in [-0.3, -0.25) is 0 Å². The van der Waals surface area contributed by atoms with Crippen molar-refractivity contribution in [3.8, 4) is 6.07 Å². The van der Waals surface area contributed by atoms with Crippen LogP contribution in [0.1, 0.15) is 24.8 Å². The Kier molecular flexibility index (Phi) is 3.62. The third kappa shape index (κ3) is 2.24. The molecule has 0 bridgehead atoms. The third-order valence-corrected chi connectivity index (χ3v) is 5.55. The Morgan fingerprint density at radius 1 is 1.44 bits per heavy atom. The van der Waals surface area contributed by atoms with E-state index in [-0.39, 0.29) is 21.5 Å². The van der Waals surface area contributed by atoms with Gasteiger partial charge in [0.2, 0.25) is 10.0 Å². The predicted molar refractivity (Wildman–Crippen MR) is 68.8 cm³/mol. The lowest BCUT2D eigenvalue weighted by Gasteiger charge is -2.33. The minimum Gasteiger partial charge on any atom is -0.207 e. The molecule has 1 aromatic rings. The Balaban J connectivity index is 2.35. The molecule has 4 nitrogen and oxygen atoms in total. The highest BCUT2D eigenvalue weighted by molar-refractivity contribution is 7.89. The molecule has 96 valence electrons. The molecule has 0 N–H and O–H groups in total. The molecule has 0 radical (unpaired) electrons. The molecule has 0 spiro atoms. The van der Waals surface area contributed by atoms with Gasteiger partial charge >= 0.3 is 0 Å². The molecule has 0 unspecified atom stereocenters. The number of nitrogens with zero attached hydrogens (tertiary/aromatic N) is 2. The van der Waals surface area contributed by atoms with E-state index in [9.17, 15) is 8.42 Å². The van der Waals surface area contributed by atoms with Crippen LogP contribution in [0.15, 0.2) is 23.1 Å². The van der Waals surface area contributed by atoms with Gasteiger partial charge in [0.15, 0.2) is 0 Å². The summed E-state index contributed by atoms with van der Waals surface area (Å²) in [7, 11) is -1.92. The Bertz CT molecular complexity index is 603. The first-order chi connectivity index (χ1) is 8.46. The standard InChI is InChI=1S/C12H13ClN2O2S/c1-15(10-3-2-4-10)18(16,17)11-6-5-9(8-14)12(13)7-11/h5-7,10H,2-4H2,1H3. The minimum absolute atomic E-state index is 0.0874. The normalized spacial score (nSPS) is 16.3. The van der Waals surface area contributed by atoms with Gasteiger partial charge in [0.1, 0.15) is 6.07 Å². The number of hydrogen-bond acceptors (Lipinski definition) is 3. The van der Waals surface area contributed by atoms with Crippen molar-refractivity contribution >= 4 is 21.6 Å². The fourth-order valence-electron chi connectivity index (χ4n) is 1.86. The molecule has 1 saturated carbocycles. The Labute approximate surface area is 112 Å². The molecule has 18 heavy (non-hydrogen) atoms. The molecule has 6 heteroatoms. The first-order valence-corrected chi connectivity index (χ1v) is 7.46. The van der Waals surface area contributed by atoms with Crippen LogP contribution in [0.2, 0.25) is 5.02 Å². The van der Waals surface area contributed by atoms with Crippen LogP contribution in [0, 0.1) is 11.3 Å². The summed E-state index contributed by atoms with van der Waals surface area (Å²) < 4.78 is 26.0. The minimum atomic E-state index is -3.51. The van der Waals surface area contributed by atoms with E-state index in [1.165, 1.54) is 22.5 Å². The van der Waals surface area contributed by atoms with Gasteiger partial charge in [0.05, 0.1) is 15.5 Å². The number of sulfonamides is 1. The average Bonchev–Trinajstić information content (AvgIpc) is 2.26. The topological polar surface area (TPSA) is 61.2 Å². The van der Waals surface area contributed by atoms with E-state index < -0.39 is 10.0 Å². The zero-order valence-electron chi connectivity index (χ0n) is 9.93. The lowest BCUT2D eigenvalue weighted by atomic mass is 9.94. The molecule has 1 aromatic carbocycles. The van der Waals surface area contributed by atoms with Gasteiger partial charge in [-0.15, -0.1) is 0 Å². The molecule has 2 rings (SSSR count). The number of benzene rings is 1. The lowest BCUT2D eigenvalue weighted by molar-refractivity contribution is 0.249. The molecule has 1 aliphatic carbocycles. The maximum absolute atomic E-state index is 12.3. The highest BCUT2D eigenvalue weighted by Gasteiger charge is 2.31. The summed E-state index contributed by atoms with van der Waals surface area (Å²) in [5.74, 6) is 0. The molecule has 1 aliphatic rings. The predicted octanol–water partition coefficient (Wildman–Crippen LogP) is 2.38. The zero-order chi connectivity index (χ0) is 13.3. The maximum Gasteiger partial charge on any atom is 0.243 e. The summed E-state index contributed by atoms with van der Waals surface area (Å²) in [6.45, 7) is 0. The highest BCUT2D eigenvalue weighted by Crippen LogP contribution is 2.29. The van der Waals surface area contributed by atoms with Crippen molar-refractivity contribution in [1.82, 2.24) is 4.31 Å². The molecule has 0 heterocycles. The summed E-state index contributed by atoms with van der Waals surface area (Å²) >= 11 is 5.86. The second-order valence-corrected chi connectivity index (χ2v) is 6.76. The van der Waals surface area contributed by atoms with E-state index in [1.54, 1.807) is 7.05 Å². The van der Waals surface area contributed by atoms with Crippen molar-refractivity contribution in [2.75, 3.05) is 7.05 Å². The van der Waals surface area contributed by atoms with Crippen LogP contribution in [0.3, 0.4) is 0 Å². The molecule has 0 aliphatic heterocycles. The zero-order valence-corrected chi connectivity index (χ0v) is 11.5. The summed E-state index contributed by atoms with van der Waals surface area (Å²) in [6.07, 6.45) is 2.87. The summed E-state index contributed by atoms with van der Waals surface area (Å²) in [4.78, 5) is 0.140. The number of nitriles is 1. The largest absolute Gasteiger partial charge is 0.243 e. The summed E-state index contributed by atoms with van der Waals surface area (Å²) in [5.41, 5.74) is 0.280. The van der Waals surface area contributed by atoms with Gasteiger partial charge in [0, 0.05) is 13.1 Å². The number of rotatable bonds is 3. The van der Waals surface area contributed by atoms with E-state index in [1.807, 2.05) is 6.07 Å². The Hall–Kier alpha value is -1.09. The Morgan fingerprint density at radius 3 is 2.56 bits per heavy atom. The fraction of sp³-hybridized carbons (Fsp3) is 0.417. The first kappa shape index (κ1) is 13.3. The Morgan fingerprint density at radius 2 is 2.11 bits per heavy atom. The second kappa shape index (κ2) is 4.88. The number of hydrogen-bond donors (Lipinski definition) is 0. The van der Waals surface area contributed by atoms with Crippen LogP contribution in [0.25, 0.3) is 0 Å². The van der Waals surface area contributed by atoms with Crippen molar-refractivity contribution in [2.45, 2.75) is 30.2 Å².